The largest absolute Gasteiger partial charge is 0.433 e. The van der Waals surface area contributed by atoms with Crippen LogP contribution in [0.3, 0.4) is 0 Å². The van der Waals surface area contributed by atoms with Crippen LogP contribution in [0.15, 0.2) is 18.2 Å². The molecule has 0 atom stereocenters. The van der Waals surface area contributed by atoms with E-state index in [1.165, 1.54) is 18.2 Å². The number of halogens is 3. The predicted molar refractivity (Wildman–Crippen MR) is 98.3 cm³/mol. The maximum Gasteiger partial charge on any atom is 0.387 e. The predicted octanol–water partition coefficient (Wildman–Crippen LogP) is 1.63. The normalized spacial score (nSPS) is 15.6. The van der Waals surface area contributed by atoms with Gasteiger partial charge in [-0.05, 0) is 25.1 Å². The molecular formula is C17H23ClF2N4O3. The van der Waals surface area contributed by atoms with E-state index in [9.17, 15) is 18.4 Å². The summed E-state index contributed by atoms with van der Waals surface area (Å²) in [6, 6.07) is 4.09. The zero-order chi connectivity index (χ0) is 19.8. The lowest BCUT2D eigenvalue weighted by Gasteiger charge is -2.33. The van der Waals surface area contributed by atoms with E-state index in [0.29, 0.717) is 45.0 Å². The number of nitrogens with one attached hydrogen (secondary N) is 2. The van der Waals surface area contributed by atoms with Gasteiger partial charge in [-0.15, -0.1) is 0 Å². The minimum atomic E-state index is -2.96. The summed E-state index contributed by atoms with van der Waals surface area (Å²) in [4.78, 5) is 27.8. The van der Waals surface area contributed by atoms with Crippen molar-refractivity contribution in [3.63, 3.8) is 0 Å². The molecule has 0 aromatic heterocycles. The summed E-state index contributed by atoms with van der Waals surface area (Å²) in [6.45, 7) is 2.84. The first-order chi connectivity index (χ1) is 12.9. The van der Waals surface area contributed by atoms with Gasteiger partial charge in [0.2, 0.25) is 11.8 Å². The summed E-state index contributed by atoms with van der Waals surface area (Å²) in [6.07, 6.45) is 0. The molecule has 27 heavy (non-hydrogen) atoms. The molecular weight excluding hydrogens is 382 g/mol. The van der Waals surface area contributed by atoms with Crippen LogP contribution in [0.4, 0.5) is 14.5 Å². The van der Waals surface area contributed by atoms with Gasteiger partial charge in [-0.1, -0.05) is 11.6 Å². The number of piperazine rings is 1. The van der Waals surface area contributed by atoms with E-state index in [1.807, 2.05) is 16.7 Å². The average Bonchev–Trinajstić information content (AvgIpc) is 2.59. The quantitative estimate of drug-likeness (QED) is 0.689. The van der Waals surface area contributed by atoms with Gasteiger partial charge in [0.15, 0.2) is 0 Å². The van der Waals surface area contributed by atoms with Crippen LogP contribution in [-0.4, -0.2) is 74.0 Å². The number of ether oxygens (including phenoxy) is 1. The Morgan fingerprint density at radius 2 is 1.74 bits per heavy atom. The van der Waals surface area contributed by atoms with Gasteiger partial charge in [-0.25, -0.2) is 0 Å². The van der Waals surface area contributed by atoms with Crippen LogP contribution in [0.2, 0.25) is 5.02 Å². The van der Waals surface area contributed by atoms with Crippen molar-refractivity contribution in [1.82, 2.24) is 15.1 Å². The van der Waals surface area contributed by atoms with Gasteiger partial charge in [0, 0.05) is 38.4 Å². The van der Waals surface area contributed by atoms with E-state index in [0.717, 1.165) is 0 Å². The minimum Gasteiger partial charge on any atom is -0.433 e. The number of anilines is 1. The standard InChI is InChI=1S/C17H23ClF2N4O3/c1-2-21-15(25)10-23-5-7-24(8-6-23)11-16(26)22-12-3-4-14(13(18)9-12)27-17(19)20/h3-4,9,17H,2,5-8,10-11H2,1H3,(H,21,25)(H,22,26). The number of benzene rings is 1. The molecule has 0 radical (unpaired) electrons. The van der Waals surface area contributed by atoms with E-state index in [4.69, 9.17) is 11.6 Å². The van der Waals surface area contributed by atoms with E-state index in [2.05, 4.69) is 15.4 Å². The van der Waals surface area contributed by atoms with Crippen LogP contribution >= 0.6 is 11.6 Å². The highest BCUT2D eigenvalue weighted by Gasteiger charge is 2.20. The maximum absolute atomic E-state index is 12.2. The molecule has 10 heteroatoms. The van der Waals surface area contributed by atoms with Crippen molar-refractivity contribution in [3.05, 3.63) is 23.2 Å². The van der Waals surface area contributed by atoms with Crippen molar-refractivity contribution in [2.45, 2.75) is 13.5 Å². The second kappa shape index (κ2) is 10.4. The highest BCUT2D eigenvalue weighted by molar-refractivity contribution is 6.32. The Morgan fingerprint density at radius 1 is 1.15 bits per heavy atom. The van der Waals surface area contributed by atoms with Gasteiger partial charge in [0.05, 0.1) is 18.1 Å². The Balaban J connectivity index is 1.76. The van der Waals surface area contributed by atoms with E-state index in [-0.39, 0.29) is 29.1 Å². The summed E-state index contributed by atoms with van der Waals surface area (Å²) in [5.41, 5.74) is 0.404. The van der Waals surface area contributed by atoms with Crippen LogP contribution in [0.1, 0.15) is 6.92 Å². The zero-order valence-corrected chi connectivity index (χ0v) is 15.8. The molecule has 1 aliphatic rings. The van der Waals surface area contributed by atoms with Crippen LogP contribution in [0, 0.1) is 0 Å². The SMILES string of the molecule is CCNC(=O)CN1CCN(CC(=O)Nc2ccc(OC(F)F)c(Cl)c2)CC1. The summed E-state index contributed by atoms with van der Waals surface area (Å²) in [5, 5.41) is 5.44. The Morgan fingerprint density at radius 3 is 2.26 bits per heavy atom. The monoisotopic (exact) mass is 404 g/mol. The fourth-order valence-electron chi connectivity index (χ4n) is 2.74. The lowest BCUT2D eigenvalue weighted by Crippen LogP contribution is -2.51. The topological polar surface area (TPSA) is 73.9 Å². The third-order valence-corrected chi connectivity index (χ3v) is 4.30. The van der Waals surface area contributed by atoms with Crippen molar-refractivity contribution < 1.29 is 23.1 Å². The number of carbonyl (C=O) groups excluding carboxylic acids is 2. The molecule has 1 aromatic carbocycles. The van der Waals surface area contributed by atoms with Gasteiger partial charge < -0.3 is 15.4 Å². The van der Waals surface area contributed by atoms with Gasteiger partial charge in [0.1, 0.15) is 5.75 Å². The first-order valence-corrected chi connectivity index (χ1v) is 9.00. The molecule has 0 unspecified atom stereocenters. The molecule has 7 nitrogen and oxygen atoms in total. The second-order valence-corrected chi connectivity index (χ2v) is 6.48. The van der Waals surface area contributed by atoms with E-state index in [1.54, 1.807) is 0 Å². The molecule has 1 fully saturated rings. The van der Waals surface area contributed by atoms with Crippen molar-refractivity contribution >= 4 is 29.1 Å². The Hall–Kier alpha value is -1.97. The summed E-state index contributed by atoms with van der Waals surface area (Å²) < 4.78 is 28.7. The first kappa shape index (κ1) is 21.3. The molecule has 0 spiro atoms. The molecule has 2 amide bonds. The molecule has 1 aliphatic heterocycles. The fraction of sp³-hybridized carbons (Fsp3) is 0.529. The van der Waals surface area contributed by atoms with Gasteiger partial charge >= 0.3 is 6.61 Å². The molecule has 0 bridgehead atoms. The van der Waals surface area contributed by atoms with Crippen LogP contribution in [0.5, 0.6) is 5.75 Å². The number of amides is 2. The summed E-state index contributed by atoms with van der Waals surface area (Å²) in [5.74, 6) is -0.376. The molecule has 2 rings (SSSR count). The van der Waals surface area contributed by atoms with Gasteiger partial charge in [0.25, 0.3) is 0 Å². The fourth-order valence-corrected chi connectivity index (χ4v) is 2.96. The molecule has 0 saturated carbocycles. The van der Waals surface area contributed by atoms with E-state index < -0.39 is 6.61 Å². The zero-order valence-electron chi connectivity index (χ0n) is 15.0. The smallest absolute Gasteiger partial charge is 0.387 e. The summed E-state index contributed by atoms with van der Waals surface area (Å²) in [7, 11) is 0. The first-order valence-electron chi connectivity index (χ1n) is 8.63. The lowest BCUT2D eigenvalue weighted by atomic mass is 10.2. The molecule has 150 valence electrons. The third kappa shape index (κ3) is 7.28. The Labute approximate surface area is 161 Å². The van der Waals surface area contributed by atoms with Crippen LogP contribution < -0.4 is 15.4 Å². The average molecular weight is 405 g/mol. The number of nitrogens with zero attached hydrogens (tertiary/aromatic N) is 2. The Kier molecular flexibility index (Phi) is 8.21. The third-order valence-electron chi connectivity index (χ3n) is 4.00. The number of rotatable bonds is 8. The van der Waals surface area contributed by atoms with Crippen molar-refractivity contribution in [2.75, 3.05) is 51.1 Å². The summed E-state index contributed by atoms with van der Waals surface area (Å²) >= 11 is 5.87. The number of alkyl halides is 2. The van der Waals surface area contributed by atoms with Gasteiger partial charge in [-0.3, -0.25) is 19.4 Å². The molecule has 1 saturated heterocycles. The highest BCUT2D eigenvalue weighted by Crippen LogP contribution is 2.28. The van der Waals surface area contributed by atoms with Gasteiger partial charge in [-0.2, -0.15) is 8.78 Å². The van der Waals surface area contributed by atoms with Crippen molar-refractivity contribution in [3.8, 4) is 5.75 Å². The maximum atomic E-state index is 12.2. The minimum absolute atomic E-state index is 0.000148. The van der Waals surface area contributed by atoms with Crippen molar-refractivity contribution in [1.29, 1.82) is 0 Å². The van der Waals surface area contributed by atoms with Crippen LogP contribution in [-0.2, 0) is 9.59 Å². The van der Waals surface area contributed by atoms with E-state index >= 15 is 0 Å². The molecule has 0 aliphatic carbocycles. The molecule has 1 aromatic rings. The van der Waals surface area contributed by atoms with Crippen LogP contribution in [0.25, 0.3) is 0 Å². The Bertz CT molecular complexity index is 655. The number of hydrogen-bond donors (Lipinski definition) is 2. The number of carbonyl (C=O) groups is 2. The second-order valence-electron chi connectivity index (χ2n) is 6.08. The number of hydrogen-bond acceptors (Lipinski definition) is 5. The molecule has 2 N–H and O–H groups in total. The lowest BCUT2D eigenvalue weighted by molar-refractivity contribution is -0.123. The van der Waals surface area contributed by atoms with Crippen molar-refractivity contribution in [2.24, 2.45) is 0 Å². The number of likely N-dealkylation sites (N-methyl/N-ethyl adjacent to an activating group) is 1. The highest BCUT2D eigenvalue weighted by atomic mass is 35.5. The molecule has 1 heterocycles.